The highest BCUT2D eigenvalue weighted by molar-refractivity contribution is 7.80. The second-order valence-electron chi connectivity index (χ2n) is 3.98. The van der Waals surface area contributed by atoms with Crippen molar-refractivity contribution in [3.05, 3.63) is 59.2 Å². The van der Waals surface area contributed by atoms with E-state index in [9.17, 15) is 5.11 Å². The Kier molecular flexibility index (Phi) is 3.20. The van der Waals surface area contributed by atoms with Crippen molar-refractivity contribution in [3.63, 3.8) is 0 Å². The zero-order valence-corrected chi connectivity index (χ0v) is 10.0. The topological polar surface area (TPSA) is 20.2 Å². The number of phenolic OH excluding ortho intramolecular Hbond substituents is 1. The van der Waals surface area contributed by atoms with Crippen molar-refractivity contribution in [2.75, 3.05) is 0 Å². The number of aryl methyl sites for hydroxylation is 1. The third-order valence-electron chi connectivity index (χ3n) is 2.58. The van der Waals surface area contributed by atoms with Gasteiger partial charge in [0, 0.05) is 11.3 Å². The molecule has 82 valence electrons. The predicted octanol–water partition coefficient (Wildman–Crippen LogP) is 3.58. The first-order chi connectivity index (χ1) is 7.65. The normalized spacial score (nSPS) is 10.4. The van der Waals surface area contributed by atoms with E-state index >= 15 is 0 Å². The van der Waals surface area contributed by atoms with Gasteiger partial charge in [0.15, 0.2) is 0 Å². The van der Waals surface area contributed by atoms with Gasteiger partial charge in [0.05, 0.1) is 0 Å². The Morgan fingerprint density at radius 2 is 1.75 bits per heavy atom. The Bertz CT molecular complexity index is 489. The average molecular weight is 230 g/mol. The lowest BCUT2D eigenvalue weighted by molar-refractivity contribution is 0.468. The number of phenols is 1. The van der Waals surface area contributed by atoms with Gasteiger partial charge in [0.25, 0.3) is 0 Å². The molecule has 16 heavy (non-hydrogen) atoms. The molecule has 0 heterocycles. The highest BCUT2D eigenvalue weighted by Crippen LogP contribution is 2.23. The van der Waals surface area contributed by atoms with E-state index in [1.807, 2.05) is 12.1 Å². The maximum Gasteiger partial charge on any atom is 0.120 e. The van der Waals surface area contributed by atoms with Crippen molar-refractivity contribution in [1.82, 2.24) is 0 Å². The van der Waals surface area contributed by atoms with Gasteiger partial charge in [-0.1, -0.05) is 35.9 Å². The highest BCUT2D eigenvalue weighted by atomic mass is 32.1. The second kappa shape index (κ2) is 4.62. The molecule has 0 aromatic heterocycles. The summed E-state index contributed by atoms with van der Waals surface area (Å²) in [6, 6.07) is 13.8. The fraction of sp³-hybridized carbons (Fsp3) is 0.143. The molecule has 0 radical (unpaired) electrons. The summed E-state index contributed by atoms with van der Waals surface area (Å²) in [6.07, 6.45) is 0.750. The van der Waals surface area contributed by atoms with E-state index in [4.69, 9.17) is 0 Å². The fourth-order valence-electron chi connectivity index (χ4n) is 1.63. The van der Waals surface area contributed by atoms with Gasteiger partial charge in [-0.2, -0.15) is 0 Å². The lowest BCUT2D eigenvalue weighted by Gasteiger charge is -2.05. The number of thiol groups is 1. The molecule has 0 atom stereocenters. The summed E-state index contributed by atoms with van der Waals surface area (Å²) in [4.78, 5) is 0.783. The van der Waals surface area contributed by atoms with E-state index < -0.39 is 0 Å². The van der Waals surface area contributed by atoms with E-state index in [0.29, 0.717) is 5.75 Å². The van der Waals surface area contributed by atoms with Gasteiger partial charge in [0.2, 0.25) is 0 Å². The molecular weight excluding hydrogens is 216 g/mol. The summed E-state index contributed by atoms with van der Waals surface area (Å²) in [5.41, 5.74) is 3.38. The predicted molar refractivity (Wildman–Crippen MR) is 69.3 cm³/mol. The van der Waals surface area contributed by atoms with Gasteiger partial charge < -0.3 is 5.11 Å². The zero-order valence-electron chi connectivity index (χ0n) is 9.14. The summed E-state index contributed by atoms with van der Waals surface area (Å²) >= 11 is 4.18. The van der Waals surface area contributed by atoms with E-state index in [0.717, 1.165) is 16.9 Å². The molecule has 0 bridgehead atoms. The third-order valence-corrected chi connectivity index (χ3v) is 2.86. The third kappa shape index (κ3) is 2.58. The van der Waals surface area contributed by atoms with Gasteiger partial charge in [-0.3, -0.25) is 0 Å². The molecular formula is C14H14OS. The summed E-state index contributed by atoms with van der Waals surface area (Å²) in [5.74, 6) is 0.313. The molecule has 0 saturated heterocycles. The van der Waals surface area contributed by atoms with Crippen LogP contribution in [0.3, 0.4) is 0 Å². The summed E-state index contributed by atoms with van der Waals surface area (Å²) < 4.78 is 0. The van der Waals surface area contributed by atoms with Crippen LogP contribution in [0, 0.1) is 6.92 Å². The largest absolute Gasteiger partial charge is 0.508 e. The van der Waals surface area contributed by atoms with Crippen LogP contribution in [-0.4, -0.2) is 5.11 Å². The number of hydrogen-bond donors (Lipinski definition) is 2. The van der Waals surface area contributed by atoms with Crippen LogP contribution in [0.15, 0.2) is 47.4 Å². The molecule has 0 aliphatic carbocycles. The monoisotopic (exact) mass is 230 g/mol. The first-order valence-corrected chi connectivity index (χ1v) is 5.66. The van der Waals surface area contributed by atoms with Crippen LogP contribution < -0.4 is 0 Å². The smallest absolute Gasteiger partial charge is 0.120 e. The van der Waals surface area contributed by atoms with Crippen LogP contribution in [0.4, 0.5) is 0 Å². The van der Waals surface area contributed by atoms with E-state index in [-0.39, 0.29) is 0 Å². The van der Waals surface area contributed by atoms with Crippen molar-refractivity contribution >= 4 is 12.6 Å². The van der Waals surface area contributed by atoms with Crippen molar-refractivity contribution in [2.24, 2.45) is 0 Å². The molecule has 0 saturated carbocycles. The number of benzene rings is 2. The number of hydrogen-bond acceptors (Lipinski definition) is 2. The van der Waals surface area contributed by atoms with Crippen LogP contribution in [-0.2, 0) is 6.42 Å². The van der Waals surface area contributed by atoms with Crippen molar-refractivity contribution in [3.8, 4) is 5.75 Å². The minimum atomic E-state index is 0.313. The molecule has 1 N–H and O–H groups in total. The lowest BCUT2D eigenvalue weighted by atomic mass is 10.0. The molecule has 0 unspecified atom stereocenters. The summed E-state index contributed by atoms with van der Waals surface area (Å²) in [7, 11) is 0. The van der Waals surface area contributed by atoms with Gasteiger partial charge in [-0.15, -0.1) is 12.6 Å². The molecule has 0 aliphatic heterocycles. The molecule has 0 fully saturated rings. The van der Waals surface area contributed by atoms with Gasteiger partial charge in [-0.05, 0) is 30.2 Å². The Hall–Kier alpha value is -1.41. The summed E-state index contributed by atoms with van der Waals surface area (Å²) in [5, 5.41) is 9.76. The first-order valence-electron chi connectivity index (χ1n) is 5.21. The molecule has 2 aromatic rings. The van der Waals surface area contributed by atoms with E-state index in [1.165, 1.54) is 11.1 Å². The van der Waals surface area contributed by atoms with Crippen LogP contribution in [0.2, 0.25) is 0 Å². The van der Waals surface area contributed by atoms with Crippen LogP contribution in [0.5, 0.6) is 5.75 Å². The molecule has 0 amide bonds. The minimum Gasteiger partial charge on any atom is -0.508 e. The van der Waals surface area contributed by atoms with E-state index in [1.54, 1.807) is 6.07 Å². The highest BCUT2D eigenvalue weighted by Gasteiger charge is 2.02. The number of aromatic hydroxyl groups is 1. The fourth-order valence-corrected chi connectivity index (χ4v) is 1.82. The lowest BCUT2D eigenvalue weighted by Crippen LogP contribution is -1.89. The maximum atomic E-state index is 9.76. The standard InChI is InChI=1S/C14H14OS/c1-10-2-4-11(5-3-10)8-12-6-7-13(16)9-14(12)15/h2-7,9,15-16H,8H2,1H3. The minimum absolute atomic E-state index is 0.313. The van der Waals surface area contributed by atoms with Crippen LogP contribution in [0.25, 0.3) is 0 Å². The second-order valence-corrected chi connectivity index (χ2v) is 4.49. The van der Waals surface area contributed by atoms with Crippen molar-refractivity contribution in [2.45, 2.75) is 18.2 Å². The Morgan fingerprint density at radius 3 is 2.38 bits per heavy atom. The summed E-state index contributed by atoms with van der Waals surface area (Å²) in [6.45, 7) is 2.07. The molecule has 1 nitrogen and oxygen atoms in total. The van der Waals surface area contributed by atoms with Crippen molar-refractivity contribution in [1.29, 1.82) is 0 Å². The Morgan fingerprint density at radius 1 is 1.06 bits per heavy atom. The van der Waals surface area contributed by atoms with Crippen LogP contribution >= 0.6 is 12.6 Å². The van der Waals surface area contributed by atoms with Gasteiger partial charge in [0.1, 0.15) is 5.75 Å². The van der Waals surface area contributed by atoms with E-state index in [2.05, 4.69) is 43.8 Å². The molecule has 0 aliphatic rings. The van der Waals surface area contributed by atoms with Gasteiger partial charge in [-0.25, -0.2) is 0 Å². The van der Waals surface area contributed by atoms with Crippen LogP contribution in [0.1, 0.15) is 16.7 Å². The van der Waals surface area contributed by atoms with Crippen molar-refractivity contribution < 1.29 is 5.11 Å². The molecule has 2 aromatic carbocycles. The Balaban J connectivity index is 2.23. The molecule has 0 spiro atoms. The first kappa shape index (κ1) is 11.1. The SMILES string of the molecule is Cc1ccc(Cc2ccc(S)cc2O)cc1. The number of rotatable bonds is 2. The molecule has 2 rings (SSSR count). The quantitative estimate of drug-likeness (QED) is 0.756. The Labute approximate surface area is 101 Å². The molecule has 2 heteroatoms. The van der Waals surface area contributed by atoms with Gasteiger partial charge >= 0.3 is 0 Å². The zero-order chi connectivity index (χ0) is 11.5. The maximum absolute atomic E-state index is 9.76. The average Bonchev–Trinajstić information content (AvgIpc) is 2.25.